The zero-order valence-corrected chi connectivity index (χ0v) is 21.7. The zero-order valence-electron chi connectivity index (χ0n) is 20.2. The van der Waals surface area contributed by atoms with E-state index in [9.17, 15) is 9.59 Å². The molecule has 0 spiro atoms. The van der Waals surface area contributed by atoms with Crippen molar-refractivity contribution in [2.75, 3.05) is 6.54 Å². The molecule has 0 aromatic heterocycles. The highest BCUT2D eigenvalue weighted by Crippen LogP contribution is 2.27. The van der Waals surface area contributed by atoms with E-state index < -0.39 is 6.04 Å². The van der Waals surface area contributed by atoms with Crippen LogP contribution < -0.4 is 5.32 Å². The van der Waals surface area contributed by atoms with E-state index in [-0.39, 0.29) is 18.4 Å². The Kier molecular flexibility index (Phi) is 11.2. The first kappa shape index (κ1) is 27.2. The summed E-state index contributed by atoms with van der Waals surface area (Å²) in [5.41, 5.74) is 3.04. The number of rotatable bonds is 12. The molecule has 1 atom stereocenters. The van der Waals surface area contributed by atoms with Gasteiger partial charge in [0.25, 0.3) is 0 Å². The third-order valence-corrected chi connectivity index (χ3v) is 6.59. The number of nitrogens with zero attached hydrogens (tertiary/aromatic N) is 1. The maximum Gasteiger partial charge on any atom is 0.242 e. The van der Waals surface area contributed by atoms with E-state index >= 15 is 0 Å². The molecule has 0 bridgehead atoms. The molecule has 33 heavy (non-hydrogen) atoms. The quantitative estimate of drug-likeness (QED) is 0.333. The van der Waals surface area contributed by atoms with E-state index in [1.807, 2.05) is 6.92 Å². The SMILES string of the molecule is CCCCNC(=O)C(CC)N(Cc1c(Cl)cccc1Cl)C(=O)CCc1ccc(C(C)C)cc1. The first-order chi connectivity index (χ1) is 15.8. The van der Waals surface area contributed by atoms with Crippen LogP contribution in [0, 0.1) is 0 Å². The van der Waals surface area contributed by atoms with Crippen LogP contribution in [0.3, 0.4) is 0 Å². The molecule has 1 unspecified atom stereocenters. The standard InChI is InChI=1S/C27H36Cl2N2O2/c1-5-7-17-30-27(33)25(6-2)31(18-22-23(28)9-8-10-24(22)29)26(32)16-13-20-11-14-21(15-12-20)19(3)4/h8-12,14-15,19,25H,5-7,13,16-18H2,1-4H3,(H,30,33). The van der Waals surface area contributed by atoms with E-state index in [1.165, 1.54) is 5.56 Å². The number of nitrogens with one attached hydrogen (secondary N) is 1. The predicted octanol–water partition coefficient (Wildman–Crippen LogP) is 6.77. The summed E-state index contributed by atoms with van der Waals surface area (Å²) in [6.45, 7) is 9.11. The Bertz CT molecular complexity index is 893. The van der Waals surface area contributed by atoms with Gasteiger partial charge in [0.05, 0.1) is 0 Å². The van der Waals surface area contributed by atoms with Crippen molar-refractivity contribution >= 4 is 35.0 Å². The van der Waals surface area contributed by atoms with Gasteiger partial charge in [0, 0.05) is 35.1 Å². The smallest absolute Gasteiger partial charge is 0.242 e. The lowest BCUT2D eigenvalue weighted by Gasteiger charge is -2.31. The van der Waals surface area contributed by atoms with Crippen molar-refractivity contribution in [2.24, 2.45) is 0 Å². The highest BCUT2D eigenvalue weighted by molar-refractivity contribution is 6.36. The summed E-state index contributed by atoms with van der Waals surface area (Å²) in [5.74, 6) is 0.244. The molecule has 2 rings (SSSR count). The van der Waals surface area contributed by atoms with E-state index in [4.69, 9.17) is 23.2 Å². The average Bonchev–Trinajstić information content (AvgIpc) is 2.79. The number of carbonyl (C=O) groups is 2. The van der Waals surface area contributed by atoms with E-state index in [2.05, 4.69) is 50.4 Å². The molecule has 2 aromatic carbocycles. The fourth-order valence-electron chi connectivity index (χ4n) is 3.74. The second kappa shape index (κ2) is 13.6. The van der Waals surface area contributed by atoms with Crippen molar-refractivity contribution in [2.45, 2.75) is 78.3 Å². The maximum atomic E-state index is 13.4. The lowest BCUT2D eigenvalue weighted by atomic mass is 10.00. The van der Waals surface area contributed by atoms with Crippen LogP contribution >= 0.6 is 23.2 Å². The topological polar surface area (TPSA) is 49.4 Å². The molecular weight excluding hydrogens is 455 g/mol. The number of amides is 2. The molecule has 0 aliphatic heterocycles. The van der Waals surface area contributed by atoms with Gasteiger partial charge in [-0.2, -0.15) is 0 Å². The van der Waals surface area contributed by atoms with Gasteiger partial charge in [-0.3, -0.25) is 9.59 Å². The summed E-state index contributed by atoms with van der Waals surface area (Å²) in [4.78, 5) is 28.0. The van der Waals surface area contributed by atoms with Crippen molar-refractivity contribution in [3.8, 4) is 0 Å². The molecule has 2 aromatic rings. The Labute approximate surface area is 208 Å². The minimum Gasteiger partial charge on any atom is -0.354 e. The van der Waals surface area contributed by atoms with Crippen molar-refractivity contribution in [1.29, 1.82) is 0 Å². The number of unbranched alkanes of at least 4 members (excludes halogenated alkanes) is 1. The summed E-state index contributed by atoms with van der Waals surface area (Å²) in [7, 11) is 0. The van der Waals surface area contributed by atoms with Crippen LogP contribution in [-0.4, -0.2) is 29.3 Å². The second-order valence-corrected chi connectivity index (χ2v) is 9.50. The number of benzene rings is 2. The van der Waals surface area contributed by atoms with Crippen LogP contribution in [0.2, 0.25) is 10.0 Å². The zero-order chi connectivity index (χ0) is 24.4. The molecule has 0 saturated carbocycles. The van der Waals surface area contributed by atoms with Crippen LogP contribution in [0.1, 0.15) is 76.0 Å². The fraction of sp³-hybridized carbons (Fsp3) is 0.481. The van der Waals surface area contributed by atoms with Gasteiger partial charge in [-0.05, 0) is 48.4 Å². The molecule has 0 fully saturated rings. The number of halogens is 2. The largest absolute Gasteiger partial charge is 0.354 e. The van der Waals surface area contributed by atoms with E-state index in [1.54, 1.807) is 23.1 Å². The Morgan fingerprint density at radius 1 is 1.00 bits per heavy atom. The molecule has 0 saturated heterocycles. The normalized spacial score (nSPS) is 12.0. The van der Waals surface area contributed by atoms with Crippen molar-refractivity contribution in [3.05, 3.63) is 69.2 Å². The van der Waals surface area contributed by atoms with Gasteiger partial charge in [0.1, 0.15) is 6.04 Å². The van der Waals surface area contributed by atoms with Crippen LogP contribution in [0.5, 0.6) is 0 Å². The lowest BCUT2D eigenvalue weighted by molar-refractivity contribution is -0.141. The summed E-state index contributed by atoms with van der Waals surface area (Å²) < 4.78 is 0. The van der Waals surface area contributed by atoms with Crippen molar-refractivity contribution in [1.82, 2.24) is 10.2 Å². The summed E-state index contributed by atoms with van der Waals surface area (Å²) >= 11 is 12.8. The Balaban J connectivity index is 2.22. The fourth-order valence-corrected chi connectivity index (χ4v) is 4.26. The van der Waals surface area contributed by atoms with Crippen molar-refractivity contribution < 1.29 is 9.59 Å². The Morgan fingerprint density at radius 3 is 2.18 bits per heavy atom. The molecule has 2 amide bonds. The number of aryl methyl sites for hydroxylation is 1. The number of carbonyl (C=O) groups excluding carboxylic acids is 2. The third kappa shape index (κ3) is 8.04. The Hall–Kier alpha value is -2.04. The van der Waals surface area contributed by atoms with Gasteiger partial charge in [0.15, 0.2) is 0 Å². The maximum absolute atomic E-state index is 13.4. The minimum atomic E-state index is -0.579. The molecule has 4 nitrogen and oxygen atoms in total. The van der Waals surface area contributed by atoms with Gasteiger partial charge >= 0.3 is 0 Å². The number of hydrogen-bond donors (Lipinski definition) is 1. The summed E-state index contributed by atoms with van der Waals surface area (Å²) in [6.07, 6.45) is 3.32. The third-order valence-electron chi connectivity index (χ3n) is 5.88. The average molecular weight is 492 g/mol. The minimum absolute atomic E-state index is 0.0867. The first-order valence-corrected chi connectivity index (χ1v) is 12.6. The monoisotopic (exact) mass is 490 g/mol. The van der Waals surface area contributed by atoms with Gasteiger partial charge in [-0.1, -0.05) is 87.6 Å². The molecule has 0 aliphatic carbocycles. The molecule has 1 N–H and O–H groups in total. The second-order valence-electron chi connectivity index (χ2n) is 8.69. The molecular formula is C27H36Cl2N2O2. The lowest BCUT2D eigenvalue weighted by Crippen LogP contribution is -2.49. The molecule has 0 aliphatic rings. The summed E-state index contributed by atoms with van der Waals surface area (Å²) in [5, 5.41) is 3.96. The van der Waals surface area contributed by atoms with Gasteiger partial charge in [0.2, 0.25) is 11.8 Å². The molecule has 0 heterocycles. The van der Waals surface area contributed by atoms with Crippen LogP contribution in [0.15, 0.2) is 42.5 Å². The summed E-state index contributed by atoms with van der Waals surface area (Å²) in [6, 6.07) is 13.1. The van der Waals surface area contributed by atoms with Crippen LogP contribution in [0.25, 0.3) is 0 Å². The highest BCUT2D eigenvalue weighted by Gasteiger charge is 2.29. The van der Waals surface area contributed by atoms with Gasteiger partial charge < -0.3 is 10.2 Å². The molecule has 180 valence electrons. The first-order valence-electron chi connectivity index (χ1n) is 11.9. The van der Waals surface area contributed by atoms with Gasteiger partial charge in [-0.25, -0.2) is 0 Å². The highest BCUT2D eigenvalue weighted by atomic mass is 35.5. The van der Waals surface area contributed by atoms with E-state index in [0.717, 1.165) is 18.4 Å². The molecule has 0 radical (unpaired) electrons. The van der Waals surface area contributed by atoms with Crippen molar-refractivity contribution in [3.63, 3.8) is 0 Å². The van der Waals surface area contributed by atoms with Crippen LogP contribution in [-0.2, 0) is 22.6 Å². The van der Waals surface area contributed by atoms with Crippen LogP contribution in [0.4, 0.5) is 0 Å². The van der Waals surface area contributed by atoms with E-state index in [0.29, 0.717) is 47.3 Å². The van der Waals surface area contributed by atoms with Gasteiger partial charge in [-0.15, -0.1) is 0 Å². The molecule has 6 heteroatoms. The Morgan fingerprint density at radius 2 is 1.64 bits per heavy atom. The number of hydrogen-bond acceptors (Lipinski definition) is 2. The predicted molar refractivity (Wildman–Crippen MR) is 138 cm³/mol.